The minimum absolute atomic E-state index is 0.318. The molecule has 6 heteroatoms. The van der Waals surface area contributed by atoms with Gasteiger partial charge in [-0.05, 0) is 30.3 Å². The van der Waals surface area contributed by atoms with E-state index < -0.39 is 0 Å². The Kier molecular flexibility index (Phi) is 4.77. The smallest absolute Gasteiger partial charge is 0.337 e. The zero-order chi connectivity index (χ0) is 14.7. The molecular formula is C14H15BrN2O2S. The first kappa shape index (κ1) is 15.0. The van der Waals surface area contributed by atoms with Gasteiger partial charge in [0.25, 0.3) is 0 Å². The number of hydrogen-bond donors (Lipinski definition) is 2. The lowest BCUT2D eigenvalue weighted by molar-refractivity contribution is -0.136. The van der Waals surface area contributed by atoms with Crippen LogP contribution in [-0.2, 0) is 9.53 Å². The zero-order valence-electron chi connectivity index (χ0n) is 11.2. The van der Waals surface area contributed by atoms with Crippen molar-refractivity contribution in [2.75, 3.05) is 7.11 Å². The standard InChI is InChI=1S/C14H15BrN2O2S/c1-3-10-11(13(18)19-2)12(17-14(20)16-10)8-6-4-5-7-9(8)15/h4-7,12H,3H2,1-2H3,(H2,16,17,20)/t12-/m0/s1. The Morgan fingerprint density at radius 1 is 1.45 bits per heavy atom. The molecule has 0 aromatic heterocycles. The molecule has 2 N–H and O–H groups in total. The molecule has 1 aliphatic heterocycles. The molecule has 106 valence electrons. The summed E-state index contributed by atoms with van der Waals surface area (Å²) in [6.45, 7) is 1.97. The number of rotatable bonds is 3. The van der Waals surface area contributed by atoms with Crippen molar-refractivity contribution in [3.8, 4) is 0 Å². The van der Waals surface area contributed by atoms with Gasteiger partial charge in [0.15, 0.2) is 5.11 Å². The molecular weight excluding hydrogens is 340 g/mol. The Bertz CT molecular complexity index is 586. The highest BCUT2D eigenvalue weighted by Gasteiger charge is 2.32. The van der Waals surface area contributed by atoms with Gasteiger partial charge < -0.3 is 15.4 Å². The van der Waals surface area contributed by atoms with E-state index in [-0.39, 0.29) is 12.0 Å². The normalized spacial score (nSPS) is 18.4. The van der Waals surface area contributed by atoms with E-state index in [4.69, 9.17) is 17.0 Å². The minimum Gasteiger partial charge on any atom is -0.466 e. The molecule has 0 radical (unpaired) electrons. The van der Waals surface area contributed by atoms with Crippen molar-refractivity contribution in [2.45, 2.75) is 19.4 Å². The number of methoxy groups -OCH3 is 1. The molecule has 0 amide bonds. The van der Waals surface area contributed by atoms with E-state index in [1.54, 1.807) is 0 Å². The highest BCUT2D eigenvalue weighted by atomic mass is 79.9. The number of halogens is 1. The predicted molar refractivity (Wildman–Crippen MR) is 85.1 cm³/mol. The van der Waals surface area contributed by atoms with E-state index in [9.17, 15) is 4.79 Å². The molecule has 2 rings (SSSR count). The maximum Gasteiger partial charge on any atom is 0.337 e. The summed E-state index contributed by atoms with van der Waals surface area (Å²) in [5.74, 6) is -0.356. The Hall–Kier alpha value is -1.40. The highest BCUT2D eigenvalue weighted by Crippen LogP contribution is 2.32. The summed E-state index contributed by atoms with van der Waals surface area (Å²) in [4.78, 5) is 12.1. The van der Waals surface area contributed by atoms with Crippen LogP contribution in [0.15, 0.2) is 40.0 Å². The van der Waals surface area contributed by atoms with Crippen LogP contribution in [0.5, 0.6) is 0 Å². The number of hydrogen-bond acceptors (Lipinski definition) is 3. The lowest BCUT2D eigenvalue weighted by Gasteiger charge is -2.31. The fourth-order valence-corrected chi connectivity index (χ4v) is 2.95. The first-order valence-corrected chi connectivity index (χ1v) is 7.41. The van der Waals surface area contributed by atoms with Gasteiger partial charge in [0.2, 0.25) is 0 Å². The van der Waals surface area contributed by atoms with Crippen LogP contribution < -0.4 is 10.6 Å². The van der Waals surface area contributed by atoms with Crippen LogP contribution in [0.3, 0.4) is 0 Å². The summed E-state index contributed by atoms with van der Waals surface area (Å²) in [6, 6.07) is 7.42. The second-order valence-corrected chi connectivity index (χ2v) is 5.55. The van der Waals surface area contributed by atoms with Crippen molar-refractivity contribution in [1.29, 1.82) is 0 Å². The van der Waals surface area contributed by atoms with Gasteiger partial charge in [-0.15, -0.1) is 0 Å². The maximum atomic E-state index is 12.1. The summed E-state index contributed by atoms with van der Waals surface area (Å²) in [5, 5.41) is 6.68. The third kappa shape index (κ3) is 2.86. The van der Waals surface area contributed by atoms with Crippen LogP contribution in [0.4, 0.5) is 0 Å². The van der Waals surface area contributed by atoms with Crippen LogP contribution in [0, 0.1) is 0 Å². The molecule has 1 heterocycles. The van der Waals surface area contributed by atoms with Crippen molar-refractivity contribution < 1.29 is 9.53 Å². The van der Waals surface area contributed by atoms with Crippen molar-refractivity contribution in [1.82, 2.24) is 10.6 Å². The fraction of sp³-hybridized carbons (Fsp3) is 0.286. The van der Waals surface area contributed by atoms with Crippen molar-refractivity contribution in [3.05, 3.63) is 45.6 Å². The van der Waals surface area contributed by atoms with Gasteiger partial charge in [-0.25, -0.2) is 4.79 Å². The Labute approximate surface area is 131 Å². The molecule has 0 fully saturated rings. The first-order valence-electron chi connectivity index (χ1n) is 6.21. The summed E-state index contributed by atoms with van der Waals surface area (Å²) < 4.78 is 5.83. The van der Waals surface area contributed by atoms with Gasteiger partial charge in [0, 0.05) is 10.2 Å². The number of benzene rings is 1. The van der Waals surface area contributed by atoms with E-state index in [0.29, 0.717) is 17.1 Å². The number of thiocarbonyl (C=S) groups is 1. The lowest BCUT2D eigenvalue weighted by Crippen LogP contribution is -2.45. The van der Waals surface area contributed by atoms with Gasteiger partial charge in [-0.1, -0.05) is 41.1 Å². The van der Waals surface area contributed by atoms with Crippen molar-refractivity contribution in [2.24, 2.45) is 0 Å². The molecule has 0 spiro atoms. The second-order valence-electron chi connectivity index (χ2n) is 4.29. The number of carbonyl (C=O) groups excluding carboxylic acids is 1. The van der Waals surface area contributed by atoms with E-state index in [0.717, 1.165) is 15.7 Å². The summed E-state index contributed by atoms with van der Waals surface area (Å²) in [7, 11) is 1.38. The van der Waals surface area contributed by atoms with Gasteiger partial charge in [-0.2, -0.15) is 0 Å². The predicted octanol–water partition coefficient (Wildman–Crippen LogP) is 2.81. The number of esters is 1. The molecule has 1 aromatic rings. The van der Waals surface area contributed by atoms with Crippen LogP contribution >= 0.6 is 28.1 Å². The fourth-order valence-electron chi connectivity index (χ4n) is 2.19. The molecule has 1 aromatic carbocycles. The topological polar surface area (TPSA) is 50.4 Å². The molecule has 1 atom stereocenters. The van der Waals surface area contributed by atoms with Gasteiger partial charge >= 0.3 is 5.97 Å². The Morgan fingerprint density at radius 3 is 2.75 bits per heavy atom. The van der Waals surface area contributed by atoms with E-state index in [1.807, 2.05) is 31.2 Å². The highest BCUT2D eigenvalue weighted by molar-refractivity contribution is 9.10. The first-order chi connectivity index (χ1) is 9.58. The summed E-state index contributed by atoms with van der Waals surface area (Å²) >= 11 is 8.74. The number of carbonyl (C=O) groups is 1. The Morgan fingerprint density at radius 2 is 2.15 bits per heavy atom. The second kappa shape index (κ2) is 6.37. The van der Waals surface area contributed by atoms with E-state index >= 15 is 0 Å². The number of allylic oxidation sites excluding steroid dienone is 1. The number of nitrogens with one attached hydrogen (secondary N) is 2. The molecule has 0 saturated carbocycles. The maximum absolute atomic E-state index is 12.1. The Balaban J connectivity index is 2.56. The van der Waals surface area contributed by atoms with Gasteiger partial charge in [-0.3, -0.25) is 0 Å². The molecule has 0 saturated heterocycles. The van der Waals surface area contributed by atoms with Crippen LogP contribution in [0.2, 0.25) is 0 Å². The van der Waals surface area contributed by atoms with E-state index in [2.05, 4.69) is 26.6 Å². The lowest BCUT2D eigenvalue weighted by atomic mass is 9.94. The van der Waals surface area contributed by atoms with Crippen LogP contribution in [-0.4, -0.2) is 18.2 Å². The van der Waals surface area contributed by atoms with Gasteiger partial charge in [0.05, 0.1) is 18.7 Å². The average molecular weight is 355 g/mol. The average Bonchev–Trinajstić information content (AvgIpc) is 2.46. The van der Waals surface area contributed by atoms with Crippen LogP contribution in [0.1, 0.15) is 24.9 Å². The van der Waals surface area contributed by atoms with Gasteiger partial charge in [0.1, 0.15) is 0 Å². The van der Waals surface area contributed by atoms with Crippen molar-refractivity contribution >= 4 is 39.2 Å². The summed E-state index contributed by atoms with van der Waals surface area (Å²) in [5.41, 5.74) is 2.31. The molecule has 1 aliphatic rings. The minimum atomic E-state index is -0.356. The molecule has 0 unspecified atom stereocenters. The molecule has 0 bridgehead atoms. The van der Waals surface area contributed by atoms with Crippen LogP contribution in [0.25, 0.3) is 0 Å². The quantitative estimate of drug-likeness (QED) is 0.645. The number of ether oxygens (including phenoxy) is 1. The third-order valence-electron chi connectivity index (χ3n) is 3.13. The van der Waals surface area contributed by atoms with Crippen molar-refractivity contribution in [3.63, 3.8) is 0 Å². The molecule has 4 nitrogen and oxygen atoms in total. The summed E-state index contributed by atoms with van der Waals surface area (Å²) in [6.07, 6.45) is 0.674. The third-order valence-corrected chi connectivity index (χ3v) is 4.07. The largest absolute Gasteiger partial charge is 0.466 e. The molecule has 0 aliphatic carbocycles. The zero-order valence-corrected chi connectivity index (χ0v) is 13.6. The SMILES string of the molecule is CCC1=C(C(=O)OC)[C@H](c2ccccc2Br)NC(=S)N1. The molecule has 20 heavy (non-hydrogen) atoms. The monoisotopic (exact) mass is 354 g/mol. The van der Waals surface area contributed by atoms with E-state index in [1.165, 1.54) is 7.11 Å².